The van der Waals surface area contributed by atoms with Gasteiger partial charge in [0.05, 0.1) is 26.4 Å². The predicted molar refractivity (Wildman–Crippen MR) is 354 cm³/mol. The minimum absolute atomic E-state index is 0.102. The number of phosphoric acid groups is 2. The van der Waals surface area contributed by atoms with Crippen molar-refractivity contribution in [2.45, 2.75) is 362 Å². The van der Waals surface area contributed by atoms with E-state index in [0.29, 0.717) is 37.5 Å². The standard InChI is InChI=1S/C69H134O17P2/c1-8-9-10-11-12-13-14-15-16-17-18-19-20-21-22-29-38-45-52-68(73)85-64(56-79-66(71)50-43-36-28-24-23-26-33-40-47-60(2)3)58-83-87(75,76)81-54-63(70)55-82-88(77,78)84-59-65(57-80-67(72)51-44-37-32-31-35-42-49-62(6)7)86-69(74)53-46-39-30-25-27-34-41-48-61(4)5/h60-65,70H,8-59H2,1-7H3,(H,75,76)(H,77,78)/t63-,64-,65-/m1/s1. The maximum absolute atomic E-state index is 13.0. The number of ether oxygens (including phenoxy) is 4. The van der Waals surface area contributed by atoms with E-state index in [4.69, 9.17) is 37.0 Å². The number of rotatable bonds is 67. The number of unbranched alkanes of at least 4 members (excludes halogenated alkanes) is 35. The highest BCUT2D eigenvalue weighted by molar-refractivity contribution is 7.47. The minimum atomic E-state index is -4.95. The van der Waals surface area contributed by atoms with Gasteiger partial charge >= 0.3 is 39.5 Å². The van der Waals surface area contributed by atoms with E-state index in [0.717, 1.165) is 102 Å². The summed E-state index contributed by atoms with van der Waals surface area (Å²) in [6, 6.07) is 0. The average Bonchev–Trinajstić information content (AvgIpc) is 3.48. The van der Waals surface area contributed by atoms with Gasteiger partial charge in [-0.05, 0) is 43.4 Å². The maximum Gasteiger partial charge on any atom is 0.472 e. The van der Waals surface area contributed by atoms with Crippen LogP contribution in [0.5, 0.6) is 0 Å². The van der Waals surface area contributed by atoms with E-state index in [1.165, 1.54) is 148 Å². The molecule has 0 aliphatic heterocycles. The van der Waals surface area contributed by atoms with Gasteiger partial charge in [0, 0.05) is 25.7 Å². The quantitative estimate of drug-likeness (QED) is 0.0222. The summed E-state index contributed by atoms with van der Waals surface area (Å²) >= 11 is 0. The Balaban J connectivity index is 5.20. The van der Waals surface area contributed by atoms with Gasteiger partial charge < -0.3 is 33.8 Å². The Hall–Kier alpha value is -1.94. The molecule has 0 bridgehead atoms. The fourth-order valence-corrected chi connectivity index (χ4v) is 11.9. The number of carbonyl (C=O) groups is 4. The zero-order valence-corrected chi connectivity index (χ0v) is 59.0. The van der Waals surface area contributed by atoms with Gasteiger partial charge in [0.2, 0.25) is 0 Å². The molecule has 0 aliphatic carbocycles. The first-order valence-corrected chi connectivity index (χ1v) is 38.8. The molecule has 0 aromatic heterocycles. The lowest BCUT2D eigenvalue weighted by molar-refractivity contribution is -0.161. The first-order chi connectivity index (χ1) is 42.2. The largest absolute Gasteiger partial charge is 0.472 e. The molecular formula is C69H134O17P2. The second-order valence-electron chi connectivity index (χ2n) is 26.3. The van der Waals surface area contributed by atoms with Crippen molar-refractivity contribution < 1.29 is 80.2 Å². The van der Waals surface area contributed by atoms with Gasteiger partial charge in [-0.25, -0.2) is 9.13 Å². The van der Waals surface area contributed by atoms with E-state index in [2.05, 4.69) is 48.5 Å². The van der Waals surface area contributed by atoms with Crippen LogP contribution in [0.25, 0.3) is 0 Å². The molecular weight excluding hydrogens is 1160 g/mol. The van der Waals surface area contributed by atoms with E-state index < -0.39 is 97.5 Å². The monoisotopic (exact) mass is 1300 g/mol. The Bertz CT molecular complexity index is 1730. The van der Waals surface area contributed by atoms with Crippen LogP contribution in [-0.2, 0) is 65.4 Å². The first-order valence-electron chi connectivity index (χ1n) is 35.8. The smallest absolute Gasteiger partial charge is 0.462 e. The van der Waals surface area contributed by atoms with E-state index in [-0.39, 0.29) is 25.7 Å². The first kappa shape index (κ1) is 86.1. The van der Waals surface area contributed by atoms with Crippen LogP contribution in [0.4, 0.5) is 0 Å². The van der Waals surface area contributed by atoms with Crippen LogP contribution in [0.15, 0.2) is 0 Å². The number of esters is 4. The number of phosphoric ester groups is 2. The van der Waals surface area contributed by atoms with Crippen LogP contribution in [0.3, 0.4) is 0 Å². The lowest BCUT2D eigenvalue weighted by atomic mass is 10.0. The Morgan fingerprint density at radius 2 is 0.523 bits per heavy atom. The van der Waals surface area contributed by atoms with Crippen molar-refractivity contribution in [1.82, 2.24) is 0 Å². The molecule has 0 amide bonds. The number of hydrogen-bond donors (Lipinski definition) is 3. The van der Waals surface area contributed by atoms with E-state index in [9.17, 15) is 43.2 Å². The van der Waals surface area contributed by atoms with Crippen LogP contribution in [-0.4, -0.2) is 96.7 Å². The third-order valence-corrected chi connectivity index (χ3v) is 17.8. The summed E-state index contributed by atoms with van der Waals surface area (Å²) in [5, 5.41) is 10.6. The van der Waals surface area contributed by atoms with E-state index >= 15 is 0 Å². The molecule has 0 radical (unpaired) electrons. The zero-order valence-electron chi connectivity index (χ0n) is 57.2. The molecule has 0 aromatic carbocycles. The molecule has 0 rings (SSSR count). The topological polar surface area (TPSA) is 237 Å². The summed E-state index contributed by atoms with van der Waals surface area (Å²) in [6.45, 7) is 11.7. The number of hydrogen-bond acceptors (Lipinski definition) is 15. The van der Waals surface area contributed by atoms with Crippen LogP contribution in [0.2, 0.25) is 0 Å². The molecule has 88 heavy (non-hydrogen) atoms. The zero-order chi connectivity index (χ0) is 65.2. The van der Waals surface area contributed by atoms with Gasteiger partial charge in [-0.3, -0.25) is 37.3 Å². The predicted octanol–water partition coefficient (Wildman–Crippen LogP) is 19.5. The van der Waals surface area contributed by atoms with Crippen LogP contribution < -0.4 is 0 Å². The lowest BCUT2D eigenvalue weighted by Crippen LogP contribution is -2.30. The van der Waals surface area contributed by atoms with Crippen LogP contribution in [0.1, 0.15) is 344 Å². The van der Waals surface area contributed by atoms with Gasteiger partial charge in [-0.15, -0.1) is 0 Å². The molecule has 19 heteroatoms. The summed E-state index contributed by atoms with van der Waals surface area (Å²) in [5.41, 5.74) is 0. The Morgan fingerprint density at radius 3 is 0.773 bits per heavy atom. The third kappa shape index (κ3) is 62.8. The van der Waals surface area contributed by atoms with Crippen molar-refractivity contribution in [2.24, 2.45) is 17.8 Å². The fraction of sp³-hybridized carbons (Fsp3) is 0.942. The molecule has 3 N–H and O–H groups in total. The molecule has 0 spiro atoms. The molecule has 0 heterocycles. The number of aliphatic hydroxyl groups excluding tert-OH is 1. The molecule has 2 unspecified atom stereocenters. The third-order valence-electron chi connectivity index (χ3n) is 15.9. The lowest BCUT2D eigenvalue weighted by Gasteiger charge is -2.21. The second kappa shape index (κ2) is 60.0. The maximum atomic E-state index is 13.0. The molecule has 0 fully saturated rings. The molecule has 522 valence electrons. The van der Waals surface area contributed by atoms with Crippen molar-refractivity contribution >= 4 is 39.5 Å². The van der Waals surface area contributed by atoms with Gasteiger partial charge in [0.1, 0.15) is 19.3 Å². The molecule has 0 saturated heterocycles. The van der Waals surface area contributed by atoms with E-state index in [1.807, 2.05) is 0 Å². The molecule has 17 nitrogen and oxygen atoms in total. The normalized spacial score (nSPS) is 14.2. The highest BCUT2D eigenvalue weighted by Gasteiger charge is 2.30. The average molecular weight is 1300 g/mol. The van der Waals surface area contributed by atoms with Gasteiger partial charge in [-0.1, -0.05) is 292 Å². The number of carbonyl (C=O) groups excluding carboxylic acids is 4. The molecule has 0 aromatic rings. The van der Waals surface area contributed by atoms with Crippen molar-refractivity contribution in [3.8, 4) is 0 Å². The van der Waals surface area contributed by atoms with Gasteiger partial charge in [-0.2, -0.15) is 0 Å². The Morgan fingerprint density at radius 1 is 0.307 bits per heavy atom. The van der Waals surface area contributed by atoms with Crippen molar-refractivity contribution in [1.29, 1.82) is 0 Å². The summed E-state index contributed by atoms with van der Waals surface area (Å²) < 4.78 is 68.2. The van der Waals surface area contributed by atoms with E-state index in [1.54, 1.807) is 0 Å². The van der Waals surface area contributed by atoms with Crippen LogP contribution >= 0.6 is 15.6 Å². The highest BCUT2D eigenvalue weighted by Crippen LogP contribution is 2.45. The van der Waals surface area contributed by atoms with Crippen LogP contribution in [0, 0.1) is 17.8 Å². The molecule has 0 aliphatic rings. The SMILES string of the molecule is CCCCCCCCCCCCCCCCCCCCC(=O)O[C@H](COC(=O)CCCCCCCCCCC(C)C)COP(=O)(O)OC[C@@H](O)COP(=O)(O)OC[C@@H](COC(=O)CCCCCCCCC(C)C)OC(=O)CCCCCCCCCC(C)C. The van der Waals surface area contributed by atoms with Crippen molar-refractivity contribution in [2.75, 3.05) is 39.6 Å². The molecule has 0 saturated carbocycles. The minimum Gasteiger partial charge on any atom is -0.462 e. The van der Waals surface area contributed by atoms with Crippen molar-refractivity contribution in [3.05, 3.63) is 0 Å². The summed E-state index contributed by atoms with van der Waals surface area (Å²) in [4.78, 5) is 72.4. The fourth-order valence-electron chi connectivity index (χ4n) is 10.4. The second-order valence-corrected chi connectivity index (χ2v) is 29.3. The molecule has 5 atom stereocenters. The Labute approximate surface area is 537 Å². The van der Waals surface area contributed by atoms with Gasteiger partial charge in [0.15, 0.2) is 12.2 Å². The number of aliphatic hydroxyl groups is 1. The highest BCUT2D eigenvalue weighted by atomic mass is 31.2. The van der Waals surface area contributed by atoms with Gasteiger partial charge in [0.25, 0.3) is 0 Å². The summed E-state index contributed by atoms with van der Waals surface area (Å²) in [6.07, 6.45) is 43.4. The van der Waals surface area contributed by atoms with Crippen molar-refractivity contribution in [3.63, 3.8) is 0 Å². The summed E-state index contributed by atoms with van der Waals surface area (Å²) in [7, 11) is -9.90. The Kier molecular flexibility index (Phi) is 58.7. The summed E-state index contributed by atoms with van der Waals surface area (Å²) in [5.74, 6) is -0.0317.